The number of hydrogen-bond donors (Lipinski definition) is 2. The van der Waals surface area contributed by atoms with E-state index in [2.05, 4.69) is 46.2 Å². The molecule has 0 unspecified atom stereocenters. The molecule has 1 saturated carbocycles. The van der Waals surface area contributed by atoms with E-state index in [4.69, 9.17) is 0 Å². The Kier molecular flexibility index (Phi) is 6.39. The van der Waals surface area contributed by atoms with E-state index in [1.54, 1.807) is 6.07 Å². The van der Waals surface area contributed by atoms with Gasteiger partial charge in [-0.3, -0.25) is 14.2 Å². The van der Waals surface area contributed by atoms with E-state index >= 15 is 0 Å². The fourth-order valence-corrected chi connectivity index (χ4v) is 4.48. The molecule has 8 nitrogen and oxygen atoms in total. The summed E-state index contributed by atoms with van der Waals surface area (Å²) < 4.78 is 2.98. The molecule has 2 aliphatic rings. The molecular formula is C19H23BrN6O2S. The first kappa shape index (κ1) is 20.2. The summed E-state index contributed by atoms with van der Waals surface area (Å²) in [6, 6.07) is 7.79. The van der Waals surface area contributed by atoms with Crippen LogP contribution in [0.4, 0.5) is 11.6 Å². The fraction of sp³-hybridized carbons (Fsp3) is 0.474. The van der Waals surface area contributed by atoms with E-state index in [9.17, 15) is 9.59 Å². The van der Waals surface area contributed by atoms with Gasteiger partial charge in [-0.25, -0.2) is 0 Å². The van der Waals surface area contributed by atoms with Crippen LogP contribution in [0.3, 0.4) is 0 Å². The molecular weight excluding hydrogens is 456 g/mol. The number of hydrogen-bond acceptors (Lipinski definition) is 6. The van der Waals surface area contributed by atoms with Crippen LogP contribution in [0, 0.1) is 0 Å². The summed E-state index contributed by atoms with van der Waals surface area (Å²) in [4.78, 5) is 26.6. The predicted octanol–water partition coefficient (Wildman–Crippen LogP) is 2.82. The number of rotatable bonds is 8. The summed E-state index contributed by atoms with van der Waals surface area (Å²) in [6.07, 6.45) is 4.63. The summed E-state index contributed by atoms with van der Waals surface area (Å²) in [5, 5.41) is 14.9. The number of amides is 2. The molecule has 29 heavy (non-hydrogen) atoms. The van der Waals surface area contributed by atoms with Crippen molar-refractivity contribution in [3.63, 3.8) is 0 Å². The Bertz CT molecular complexity index is 895. The number of thioether (sulfide) groups is 1. The topological polar surface area (TPSA) is 92.2 Å². The molecule has 1 aromatic carbocycles. The van der Waals surface area contributed by atoms with Crippen LogP contribution < -0.4 is 15.5 Å². The van der Waals surface area contributed by atoms with Gasteiger partial charge in [0.2, 0.25) is 17.8 Å². The third-order valence-corrected chi connectivity index (χ3v) is 6.51. The second-order valence-corrected chi connectivity index (χ2v) is 8.97. The highest BCUT2D eigenvalue weighted by molar-refractivity contribution is 9.10. The van der Waals surface area contributed by atoms with Crippen LogP contribution >= 0.6 is 27.7 Å². The normalized spacial score (nSPS) is 16.1. The van der Waals surface area contributed by atoms with Gasteiger partial charge in [-0.05, 0) is 53.7 Å². The zero-order valence-corrected chi connectivity index (χ0v) is 18.3. The van der Waals surface area contributed by atoms with Gasteiger partial charge in [-0.15, -0.1) is 10.2 Å². The number of para-hydroxylation sites is 1. The molecule has 2 N–H and O–H groups in total. The number of nitrogens with zero attached hydrogens (tertiary/aromatic N) is 4. The maximum atomic E-state index is 12.2. The van der Waals surface area contributed by atoms with E-state index < -0.39 is 0 Å². The number of nitrogens with one attached hydrogen (secondary N) is 2. The molecule has 1 aliphatic carbocycles. The molecule has 0 atom stereocenters. The average molecular weight is 479 g/mol. The van der Waals surface area contributed by atoms with Crippen molar-refractivity contribution >= 4 is 51.1 Å². The second kappa shape index (κ2) is 9.17. The van der Waals surface area contributed by atoms with Gasteiger partial charge in [-0.2, -0.15) is 0 Å². The lowest BCUT2D eigenvalue weighted by Crippen LogP contribution is -2.34. The van der Waals surface area contributed by atoms with E-state index in [1.165, 1.54) is 24.6 Å². The van der Waals surface area contributed by atoms with Crippen LogP contribution in [0.25, 0.3) is 0 Å². The molecule has 1 aliphatic heterocycles. The lowest BCUT2D eigenvalue weighted by atomic mass is 10.3. The van der Waals surface area contributed by atoms with Crippen molar-refractivity contribution in [1.82, 2.24) is 20.1 Å². The highest BCUT2D eigenvalue weighted by Crippen LogP contribution is 2.41. The van der Waals surface area contributed by atoms with E-state index in [1.807, 2.05) is 18.2 Å². The molecule has 0 spiro atoms. The first-order valence-electron chi connectivity index (χ1n) is 9.75. The van der Waals surface area contributed by atoms with Crippen molar-refractivity contribution in [2.24, 2.45) is 0 Å². The minimum Gasteiger partial charge on any atom is -0.346 e. The van der Waals surface area contributed by atoms with Crippen molar-refractivity contribution in [1.29, 1.82) is 0 Å². The summed E-state index contributed by atoms with van der Waals surface area (Å²) >= 11 is 4.75. The smallest absolute Gasteiger partial charge is 0.243 e. The lowest BCUT2D eigenvalue weighted by Gasteiger charge is -2.17. The highest BCUT2D eigenvalue weighted by Gasteiger charge is 2.32. The summed E-state index contributed by atoms with van der Waals surface area (Å²) in [5.74, 6) is 0.659. The Balaban J connectivity index is 1.28. The summed E-state index contributed by atoms with van der Waals surface area (Å²) in [7, 11) is 0. The second-order valence-electron chi connectivity index (χ2n) is 7.17. The maximum Gasteiger partial charge on any atom is 0.243 e. The van der Waals surface area contributed by atoms with Crippen LogP contribution in [0.1, 0.15) is 31.7 Å². The van der Waals surface area contributed by atoms with Gasteiger partial charge >= 0.3 is 0 Å². The predicted molar refractivity (Wildman–Crippen MR) is 116 cm³/mol. The minimum atomic E-state index is -0.271. The number of halogens is 1. The molecule has 4 rings (SSSR count). The van der Waals surface area contributed by atoms with Crippen molar-refractivity contribution < 1.29 is 9.59 Å². The largest absolute Gasteiger partial charge is 0.346 e. The molecule has 2 amide bonds. The van der Waals surface area contributed by atoms with Crippen LogP contribution in [0.5, 0.6) is 0 Å². The third kappa shape index (κ3) is 5.11. The number of benzene rings is 1. The van der Waals surface area contributed by atoms with Crippen molar-refractivity contribution in [2.45, 2.75) is 36.9 Å². The number of aromatic nitrogens is 3. The number of carbonyl (C=O) groups excluding carboxylic acids is 2. The van der Waals surface area contributed by atoms with Crippen LogP contribution in [-0.4, -0.2) is 52.0 Å². The van der Waals surface area contributed by atoms with Crippen molar-refractivity contribution in [2.75, 3.05) is 35.6 Å². The van der Waals surface area contributed by atoms with Crippen LogP contribution in [0.15, 0.2) is 33.9 Å². The number of carbonyl (C=O) groups is 2. The van der Waals surface area contributed by atoms with Crippen molar-refractivity contribution in [3.8, 4) is 0 Å². The van der Waals surface area contributed by atoms with E-state index in [0.717, 1.165) is 41.5 Å². The molecule has 10 heteroatoms. The lowest BCUT2D eigenvalue weighted by molar-refractivity contribution is -0.122. The molecule has 2 fully saturated rings. The minimum absolute atomic E-state index is 0.0743. The van der Waals surface area contributed by atoms with Gasteiger partial charge in [0.05, 0.1) is 18.0 Å². The van der Waals surface area contributed by atoms with E-state index in [0.29, 0.717) is 11.7 Å². The summed E-state index contributed by atoms with van der Waals surface area (Å²) in [6.45, 7) is 1.96. The molecule has 0 radical (unpaired) electrons. The molecule has 1 saturated heterocycles. The third-order valence-electron chi connectivity index (χ3n) is 4.87. The highest BCUT2D eigenvalue weighted by atomic mass is 79.9. The van der Waals surface area contributed by atoms with Gasteiger partial charge < -0.3 is 15.5 Å². The van der Waals surface area contributed by atoms with Gasteiger partial charge in [0.15, 0.2) is 5.16 Å². The molecule has 2 heterocycles. The standard InChI is InChI=1S/C19H23BrN6O2S/c20-14-5-1-2-6-15(14)22-16(27)11-21-17(28)12-29-19-24-23-18(25-9-3-4-10-25)26(19)13-7-8-13/h1-2,5-6,13H,3-4,7-12H2,(H,21,28)(H,22,27). The molecule has 2 aromatic rings. The average Bonchev–Trinajstić information content (AvgIpc) is 3.24. The van der Waals surface area contributed by atoms with Crippen molar-refractivity contribution in [3.05, 3.63) is 28.7 Å². The van der Waals surface area contributed by atoms with Crippen LogP contribution in [0.2, 0.25) is 0 Å². The zero-order chi connectivity index (χ0) is 20.2. The summed E-state index contributed by atoms with van der Waals surface area (Å²) in [5.41, 5.74) is 0.674. The van der Waals surface area contributed by atoms with Gasteiger partial charge in [-0.1, -0.05) is 23.9 Å². The van der Waals surface area contributed by atoms with Crippen LogP contribution in [-0.2, 0) is 9.59 Å². The Morgan fingerprint density at radius 3 is 2.62 bits per heavy atom. The fourth-order valence-electron chi connectivity index (χ4n) is 3.27. The molecule has 154 valence electrons. The Hall–Kier alpha value is -2.07. The maximum absolute atomic E-state index is 12.2. The Morgan fingerprint density at radius 2 is 1.90 bits per heavy atom. The SMILES string of the molecule is O=C(CSc1nnc(N2CCCC2)n1C1CC1)NCC(=O)Nc1ccccc1Br. The molecule has 1 aromatic heterocycles. The molecule has 0 bridgehead atoms. The van der Waals surface area contributed by atoms with Gasteiger partial charge in [0, 0.05) is 23.6 Å². The zero-order valence-electron chi connectivity index (χ0n) is 15.9. The Morgan fingerprint density at radius 1 is 1.14 bits per heavy atom. The van der Waals surface area contributed by atoms with Gasteiger partial charge in [0.1, 0.15) is 0 Å². The van der Waals surface area contributed by atoms with Gasteiger partial charge in [0.25, 0.3) is 0 Å². The quantitative estimate of drug-likeness (QED) is 0.566. The first-order chi connectivity index (χ1) is 14.1. The monoisotopic (exact) mass is 478 g/mol. The Labute approximate surface area is 181 Å². The first-order valence-corrected chi connectivity index (χ1v) is 11.5. The number of anilines is 2. The van der Waals surface area contributed by atoms with E-state index in [-0.39, 0.29) is 24.1 Å².